The molecule has 10 rings (SSSR count). The van der Waals surface area contributed by atoms with Crippen LogP contribution >= 0.6 is 0 Å². The maximum atomic E-state index is 7.05. The quantitative estimate of drug-likeness (QED) is 0.0843. The number of rotatable bonds is 37. The summed E-state index contributed by atoms with van der Waals surface area (Å²) in [5, 5.41) is 0. The lowest BCUT2D eigenvalue weighted by atomic mass is 9.94. The summed E-state index contributed by atoms with van der Waals surface area (Å²) in [4.78, 5) is 0. The Morgan fingerprint density at radius 1 is 0.252 bits per heavy atom. The summed E-state index contributed by atoms with van der Waals surface area (Å²) < 4.78 is 223. The Labute approximate surface area is 602 Å². The van der Waals surface area contributed by atoms with Gasteiger partial charge in [-0.1, -0.05) is 30.3 Å². The summed E-state index contributed by atoms with van der Waals surface area (Å²) in [7, 11) is 29.1. The first-order valence-electron chi connectivity index (χ1n) is 34.5. The highest BCUT2D eigenvalue weighted by molar-refractivity contribution is 5.17. The van der Waals surface area contributed by atoms with Gasteiger partial charge in [-0.3, -0.25) is 0 Å². The Kier molecular flexibility index (Phi) is 32.5. The molecule has 9 saturated heterocycles. The fraction of sp³-hybridized carbons (Fsp3) is 0.912. The van der Waals surface area contributed by atoms with Crippen molar-refractivity contribution in [3.05, 3.63) is 35.9 Å². The van der Waals surface area contributed by atoms with Gasteiger partial charge in [0.2, 0.25) is 0 Å². The summed E-state index contributed by atoms with van der Waals surface area (Å²) >= 11 is 0. The van der Waals surface area contributed by atoms with Crippen LogP contribution in [0.5, 0.6) is 0 Å². The lowest BCUT2D eigenvalue weighted by Crippen LogP contribution is -2.69. The fourth-order valence-electron chi connectivity index (χ4n) is 15.7. The van der Waals surface area contributed by atoms with Crippen molar-refractivity contribution in [3.8, 4) is 0 Å². The molecule has 9 heterocycles. The average molecular weight is 1490 g/mol. The second-order valence-electron chi connectivity index (χ2n) is 26.0. The Morgan fingerprint density at radius 3 is 0.825 bits per heavy atom. The first-order valence-corrected chi connectivity index (χ1v) is 34.5. The molecule has 1 aromatic rings. The molecule has 0 aromatic heterocycles. The number of hydrogen-bond acceptors (Lipinski definition) is 35. The van der Waals surface area contributed by atoms with Gasteiger partial charge in [0.1, 0.15) is 171 Å². The lowest BCUT2D eigenvalue weighted by molar-refractivity contribution is -0.406. The maximum absolute atomic E-state index is 7.05. The Hall–Kier alpha value is -2.18. The molecule has 9 aliphatic heterocycles. The van der Waals surface area contributed by atoms with E-state index in [9.17, 15) is 0 Å². The monoisotopic (exact) mass is 1490 g/mol. The highest BCUT2D eigenvalue weighted by Crippen LogP contribution is 2.44. The standard InChI is InChI=1S/C68H112O35/c1-69-25-33-40(48(75-7)55(82-14)63(91-33)99-41-34(26-70-2)93-65(57(84-16)49(41)76-8)101-43-36(28-72-4)95-67(59(86-18)51(43)78-10)103-46-38-31-89-62(90-38)54(81-13)47(46)74-6)98-64-56(83-15)50(77-9)42(35(92-64)27-71-3)100-66-58(85-17)52(79-11)44(37(94-66)29-73-5)102-68-60(87-19)53(80-12)45-39(96-68)30-88-61(97-45)32-23-21-20-22-24-32/h20-24,33-68H,25-31H2,1-19H3/t33-,34?,35-,36?,37?,38-,39?,40+,41+,42+,43+,44+,45+,46+,47?,48?,49?,50?,51?,52?,53-,54?,55?,56?,57-,58-,59-,60?,61?,62+,63-,64+,65-,66-,67-,68-/m0/s1. The van der Waals surface area contributed by atoms with Crippen LogP contribution in [0.2, 0.25) is 0 Å². The predicted molar refractivity (Wildman–Crippen MR) is 346 cm³/mol. The highest BCUT2D eigenvalue weighted by Gasteiger charge is 2.62. The van der Waals surface area contributed by atoms with Gasteiger partial charge in [0.25, 0.3) is 0 Å². The summed E-state index contributed by atoms with van der Waals surface area (Å²) in [6, 6.07) is 9.63. The van der Waals surface area contributed by atoms with Crippen LogP contribution in [0.4, 0.5) is 0 Å². The van der Waals surface area contributed by atoms with E-state index >= 15 is 0 Å². The summed E-state index contributed by atoms with van der Waals surface area (Å²) in [5.74, 6) is 0. The highest BCUT2D eigenvalue weighted by atomic mass is 16.8. The van der Waals surface area contributed by atoms with Gasteiger partial charge in [-0.15, -0.1) is 0 Å². The molecule has 594 valence electrons. The van der Waals surface area contributed by atoms with Crippen LogP contribution in [0, 0.1) is 0 Å². The van der Waals surface area contributed by atoms with E-state index in [-0.39, 0.29) is 46.2 Å². The minimum atomic E-state index is -1.22. The van der Waals surface area contributed by atoms with Crippen LogP contribution in [0.25, 0.3) is 0 Å². The smallest absolute Gasteiger partial charge is 0.187 e. The predicted octanol–water partition coefficient (Wildman–Crippen LogP) is -0.0417. The topological polar surface area (TPSA) is 323 Å². The van der Waals surface area contributed by atoms with Gasteiger partial charge in [0, 0.05) is 141 Å². The number of methoxy groups -OCH3 is 19. The Bertz CT molecular complexity index is 2560. The van der Waals surface area contributed by atoms with Crippen LogP contribution in [0.3, 0.4) is 0 Å². The molecule has 9 fully saturated rings. The molecule has 15 unspecified atom stereocenters. The first-order chi connectivity index (χ1) is 50.2. The molecule has 0 radical (unpaired) electrons. The third kappa shape index (κ3) is 17.9. The van der Waals surface area contributed by atoms with E-state index in [0.717, 1.165) is 5.56 Å². The average Bonchev–Trinajstić information content (AvgIpc) is 1.14. The SMILES string of the molecule is COCC1O[C@@H](O[C@@H]2C(COC)O[C@@H](O[C@H]3C(OC)C(OC)[C@@H]4OC[C@@H]3O4)[C@@H](OC)C2OC)[C@@H](OC)C(OC)[C@@H]1O[C@@H]1O[C@@H](COC)[C@@H](O[C@H]2O[C@@H](COC)[C@@H](O[C@@H]3OC(COC)[C@@H](O[C@@H]4OC5COC(c6ccccc6)O[C@H]5[C@H](OC)C4OC)C(OC)[C@@H]3OC)C(OC)C2OC)C(OC)C1OC. The second kappa shape index (κ2) is 40.1. The molecule has 0 spiro atoms. The third-order valence-corrected chi connectivity index (χ3v) is 20.5. The molecule has 2 bridgehead atoms. The van der Waals surface area contributed by atoms with Crippen molar-refractivity contribution in [2.45, 2.75) is 221 Å². The molecule has 0 saturated carbocycles. The van der Waals surface area contributed by atoms with Crippen molar-refractivity contribution < 1.29 is 166 Å². The van der Waals surface area contributed by atoms with Gasteiger partial charge in [0.05, 0.1) is 46.2 Å². The minimum absolute atomic E-state index is 0.0155. The molecule has 9 aliphatic rings. The van der Waals surface area contributed by atoms with E-state index in [2.05, 4.69) is 0 Å². The second-order valence-corrected chi connectivity index (χ2v) is 26.0. The summed E-state index contributed by atoms with van der Waals surface area (Å²) in [6.07, 6.45) is -31.9. The third-order valence-electron chi connectivity index (χ3n) is 20.5. The number of ether oxygens (including phenoxy) is 35. The van der Waals surface area contributed by atoms with Crippen LogP contribution in [0.1, 0.15) is 11.9 Å². The molecule has 0 aliphatic carbocycles. The van der Waals surface area contributed by atoms with Crippen molar-refractivity contribution in [1.29, 1.82) is 0 Å². The van der Waals surface area contributed by atoms with E-state index in [1.165, 1.54) is 92.4 Å². The summed E-state index contributed by atoms with van der Waals surface area (Å²) in [6.45, 7) is 0.374. The Balaban J connectivity index is 0.836. The van der Waals surface area contributed by atoms with Crippen molar-refractivity contribution in [2.75, 3.05) is 181 Å². The molecule has 1 aromatic carbocycles. The van der Waals surface area contributed by atoms with E-state index in [1.54, 1.807) is 42.7 Å². The molecule has 0 N–H and O–H groups in total. The fourth-order valence-corrected chi connectivity index (χ4v) is 15.7. The van der Waals surface area contributed by atoms with E-state index in [0.29, 0.717) is 0 Å². The van der Waals surface area contributed by atoms with Crippen LogP contribution < -0.4 is 0 Å². The zero-order valence-corrected chi connectivity index (χ0v) is 62.4. The molecule has 35 nitrogen and oxygen atoms in total. The minimum Gasteiger partial charge on any atom is -0.382 e. The molecular weight excluding hydrogens is 1380 g/mol. The van der Waals surface area contributed by atoms with Gasteiger partial charge >= 0.3 is 0 Å². The van der Waals surface area contributed by atoms with Crippen molar-refractivity contribution in [1.82, 2.24) is 0 Å². The van der Waals surface area contributed by atoms with E-state index < -0.39 is 221 Å². The van der Waals surface area contributed by atoms with E-state index in [4.69, 9.17) is 166 Å². The Morgan fingerprint density at radius 2 is 0.524 bits per heavy atom. The van der Waals surface area contributed by atoms with Gasteiger partial charge in [0.15, 0.2) is 50.3 Å². The van der Waals surface area contributed by atoms with Gasteiger partial charge in [-0.05, 0) is 0 Å². The number of benzene rings is 1. The molecular formula is C68H112O35. The van der Waals surface area contributed by atoms with Gasteiger partial charge < -0.3 is 166 Å². The molecule has 103 heavy (non-hydrogen) atoms. The zero-order valence-electron chi connectivity index (χ0n) is 62.4. The lowest BCUT2D eigenvalue weighted by Gasteiger charge is -2.52. The van der Waals surface area contributed by atoms with E-state index in [1.807, 2.05) is 30.3 Å². The molecule has 35 heteroatoms. The first kappa shape index (κ1) is 83.3. The normalized spacial score (nSPS) is 45.2. The summed E-state index contributed by atoms with van der Waals surface area (Å²) in [5.41, 5.74) is 0.851. The maximum Gasteiger partial charge on any atom is 0.187 e. The van der Waals surface area contributed by atoms with Crippen molar-refractivity contribution >= 4 is 0 Å². The number of fused-ring (bicyclic) bond motifs is 3. The molecule has 0 amide bonds. The van der Waals surface area contributed by atoms with Crippen LogP contribution in [-0.2, 0) is 166 Å². The molecule has 36 atom stereocenters. The van der Waals surface area contributed by atoms with Crippen molar-refractivity contribution in [2.24, 2.45) is 0 Å². The van der Waals surface area contributed by atoms with Crippen LogP contribution in [-0.4, -0.2) is 396 Å². The van der Waals surface area contributed by atoms with Gasteiger partial charge in [-0.2, -0.15) is 0 Å². The van der Waals surface area contributed by atoms with Crippen LogP contribution in [0.15, 0.2) is 30.3 Å². The van der Waals surface area contributed by atoms with Crippen molar-refractivity contribution in [3.63, 3.8) is 0 Å². The largest absolute Gasteiger partial charge is 0.382 e. The zero-order chi connectivity index (χ0) is 73.6. The number of hydrogen-bond donors (Lipinski definition) is 0. The van der Waals surface area contributed by atoms with Gasteiger partial charge in [-0.25, -0.2) is 0 Å².